The summed E-state index contributed by atoms with van der Waals surface area (Å²) in [5.41, 5.74) is 7.22. The summed E-state index contributed by atoms with van der Waals surface area (Å²) >= 11 is 6.15. The number of anilines is 1. The third-order valence-electron chi connectivity index (χ3n) is 2.90. The van der Waals surface area contributed by atoms with Gasteiger partial charge in [0.15, 0.2) is 5.84 Å². The Morgan fingerprint density at radius 2 is 2.10 bits per heavy atom. The van der Waals surface area contributed by atoms with E-state index in [-0.39, 0.29) is 5.84 Å². The molecular weight excluding hydrogens is 276 g/mol. The molecule has 1 aromatic carbocycles. The van der Waals surface area contributed by atoms with Gasteiger partial charge in [-0.3, -0.25) is 0 Å². The van der Waals surface area contributed by atoms with Crippen LogP contribution in [0.1, 0.15) is 11.1 Å². The lowest BCUT2D eigenvalue weighted by molar-refractivity contribution is 0.318. The van der Waals surface area contributed by atoms with Crippen LogP contribution in [0, 0.1) is 0 Å². The van der Waals surface area contributed by atoms with Crippen LogP contribution in [-0.2, 0) is 6.54 Å². The Morgan fingerprint density at radius 1 is 1.35 bits per heavy atom. The zero-order valence-electron chi connectivity index (χ0n) is 11.0. The zero-order valence-corrected chi connectivity index (χ0v) is 11.7. The van der Waals surface area contributed by atoms with Crippen molar-refractivity contribution in [3.63, 3.8) is 0 Å². The van der Waals surface area contributed by atoms with Crippen molar-refractivity contribution in [3.8, 4) is 0 Å². The number of amidine groups is 1. The highest BCUT2D eigenvalue weighted by Gasteiger charge is 2.13. The first-order valence-corrected chi connectivity index (χ1v) is 6.38. The van der Waals surface area contributed by atoms with Crippen LogP contribution in [-0.4, -0.2) is 23.1 Å². The number of pyridine rings is 1. The fourth-order valence-corrected chi connectivity index (χ4v) is 2.11. The van der Waals surface area contributed by atoms with Crippen LogP contribution in [0.4, 0.5) is 5.82 Å². The number of rotatable bonds is 4. The Labute approximate surface area is 122 Å². The van der Waals surface area contributed by atoms with Gasteiger partial charge in [0.05, 0.1) is 5.56 Å². The molecule has 0 spiro atoms. The van der Waals surface area contributed by atoms with E-state index in [0.717, 1.165) is 5.56 Å². The number of nitrogens with zero attached hydrogens (tertiary/aromatic N) is 3. The molecule has 20 heavy (non-hydrogen) atoms. The molecule has 5 nitrogen and oxygen atoms in total. The van der Waals surface area contributed by atoms with Crippen LogP contribution in [0.15, 0.2) is 47.8 Å². The molecule has 0 fully saturated rings. The van der Waals surface area contributed by atoms with E-state index in [1.165, 1.54) is 0 Å². The number of aromatic nitrogens is 1. The predicted molar refractivity (Wildman–Crippen MR) is 80.3 cm³/mol. The van der Waals surface area contributed by atoms with Crippen molar-refractivity contribution < 1.29 is 5.21 Å². The highest BCUT2D eigenvalue weighted by molar-refractivity contribution is 6.31. The summed E-state index contributed by atoms with van der Waals surface area (Å²) in [4.78, 5) is 6.18. The molecule has 3 N–H and O–H groups in total. The van der Waals surface area contributed by atoms with Gasteiger partial charge in [-0.25, -0.2) is 4.98 Å². The van der Waals surface area contributed by atoms with Crippen molar-refractivity contribution in [3.05, 3.63) is 58.7 Å². The van der Waals surface area contributed by atoms with Gasteiger partial charge in [0, 0.05) is 24.8 Å². The first-order chi connectivity index (χ1) is 9.63. The summed E-state index contributed by atoms with van der Waals surface area (Å²) in [5.74, 6) is 0.654. The molecule has 2 rings (SSSR count). The van der Waals surface area contributed by atoms with Gasteiger partial charge in [0.1, 0.15) is 5.82 Å². The zero-order chi connectivity index (χ0) is 14.5. The van der Waals surface area contributed by atoms with Crippen LogP contribution in [0.25, 0.3) is 0 Å². The van der Waals surface area contributed by atoms with Gasteiger partial charge in [-0.05, 0) is 23.8 Å². The minimum Gasteiger partial charge on any atom is -0.409 e. The standard InChI is InChI=1S/C14H15ClN4O/c1-19(9-10-5-2-3-7-12(10)15)14-11(13(16)18-20)6-4-8-17-14/h2-8,20H,9H2,1H3,(H2,16,18). The second-order valence-electron chi connectivity index (χ2n) is 4.31. The lowest BCUT2D eigenvalue weighted by Gasteiger charge is -2.21. The third-order valence-corrected chi connectivity index (χ3v) is 3.27. The average molecular weight is 291 g/mol. The van der Waals surface area contributed by atoms with Gasteiger partial charge in [-0.2, -0.15) is 0 Å². The van der Waals surface area contributed by atoms with Crippen LogP contribution in [0.2, 0.25) is 5.02 Å². The Hall–Kier alpha value is -2.27. The molecule has 0 aliphatic rings. The van der Waals surface area contributed by atoms with Gasteiger partial charge in [-0.15, -0.1) is 0 Å². The van der Waals surface area contributed by atoms with Crippen LogP contribution >= 0.6 is 11.6 Å². The fraction of sp³-hybridized carbons (Fsp3) is 0.143. The smallest absolute Gasteiger partial charge is 0.173 e. The van der Waals surface area contributed by atoms with Gasteiger partial charge in [0.2, 0.25) is 0 Å². The maximum atomic E-state index is 8.82. The molecule has 6 heteroatoms. The number of nitrogens with two attached hydrogens (primary N) is 1. The summed E-state index contributed by atoms with van der Waals surface area (Å²) in [6.45, 7) is 0.572. The SMILES string of the molecule is CN(Cc1ccccc1Cl)c1ncccc1/C(N)=N/O. The van der Waals surface area contributed by atoms with Crippen molar-refractivity contribution in [2.24, 2.45) is 10.9 Å². The number of hydrogen-bond donors (Lipinski definition) is 2. The average Bonchev–Trinajstić information content (AvgIpc) is 2.48. The largest absolute Gasteiger partial charge is 0.409 e. The second-order valence-corrected chi connectivity index (χ2v) is 4.71. The molecule has 1 heterocycles. The molecule has 0 atom stereocenters. The maximum absolute atomic E-state index is 8.82. The molecule has 0 saturated heterocycles. The first kappa shape index (κ1) is 14.1. The van der Waals surface area contributed by atoms with E-state index >= 15 is 0 Å². The number of oxime groups is 1. The van der Waals surface area contributed by atoms with Gasteiger partial charge >= 0.3 is 0 Å². The Morgan fingerprint density at radius 3 is 2.80 bits per heavy atom. The molecule has 0 unspecified atom stereocenters. The highest BCUT2D eigenvalue weighted by Crippen LogP contribution is 2.21. The minimum atomic E-state index is 0.0270. The van der Waals surface area contributed by atoms with Gasteiger partial charge < -0.3 is 15.8 Å². The van der Waals surface area contributed by atoms with Crippen molar-refractivity contribution in [1.29, 1.82) is 0 Å². The molecular formula is C14H15ClN4O. The summed E-state index contributed by atoms with van der Waals surface area (Å²) in [6.07, 6.45) is 1.66. The quantitative estimate of drug-likeness (QED) is 0.393. The molecule has 2 aromatic rings. The maximum Gasteiger partial charge on any atom is 0.173 e. The van der Waals surface area contributed by atoms with Gasteiger partial charge in [-0.1, -0.05) is 35.0 Å². The van der Waals surface area contributed by atoms with E-state index in [0.29, 0.717) is 22.9 Å². The summed E-state index contributed by atoms with van der Waals surface area (Å²) in [5, 5.41) is 12.5. The Kier molecular flexibility index (Phi) is 4.42. The summed E-state index contributed by atoms with van der Waals surface area (Å²) < 4.78 is 0. The number of benzene rings is 1. The van der Waals surface area contributed by atoms with E-state index in [1.807, 2.05) is 36.2 Å². The molecule has 0 amide bonds. The molecule has 0 saturated carbocycles. The molecule has 0 aliphatic carbocycles. The molecule has 1 aromatic heterocycles. The van der Waals surface area contributed by atoms with Crippen molar-refractivity contribution in [2.45, 2.75) is 6.54 Å². The monoisotopic (exact) mass is 290 g/mol. The van der Waals surface area contributed by atoms with Crippen LogP contribution < -0.4 is 10.6 Å². The van der Waals surface area contributed by atoms with E-state index in [1.54, 1.807) is 18.3 Å². The van der Waals surface area contributed by atoms with E-state index in [9.17, 15) is 0 Å². The molecule has 0 bridgehead atoms. The third kappa shape index (κ3) is 3.00. The number of hydrogen-bond acceptors (Lipinski definition) is 4. The van der Waals surface area contributed by atoms with E-state index in [2.05, 4.69) is 10.1 Å². The Balaban J connectivity index is 2.30. The van der Waals surface area contributed by atoms with E-state index < -0.39 is 0 Å². The molecule has 104 valence electrons. The normalized spacial score (nSPS) is 11.4. The molecule has 0 radical (unpaired) electrons. The first-order valence-electron chi connectivity index (χ1n) is 6.01. The second kappa shape index (κ2) is 6.25. The fourth-order valence-electron chi connectivity index (χ4n) is 1.91. The summed E-state index contributed by atoms with van der Waals surface area (Å²) in [7, 11) is 1.87. The van der Waals surface area contributed by atoms with Crippen molar-refractivity contribution in [1.82, 2.24) is 4.98 Å². The lowest BCUT2D eigenvalue weighted by atomic mass is 10.2. The number of halogens is 1. The minimum absolute atomic E-state index is 0.0270. The Bertz CT molecular complexity index is 630. The van der Waals surface area contributed by atoms with Gasteiger partial charge in [0.25, 0.3) is 0 Å². The topological polar surface area (TPSA) is 74.7 Å². The van der Waals surface area contributed by atoms with E-state index in [4.69, 9.17) is 22.5 Å². The predicted octanol–water partition coefficient (Wildman–Crippen LogP) is 2.47. The van der Waals surface area contributed by atoms with Crippen LogP contribution in [0.3, 0.4) is 0 Å². The van der Waals surface area contributed by atoms with Crippen molar-refractivity contribution in [2.75, 3.05) is 11.9 Å². The van der Waals surface area contributed by atoms with Crippen molar-refractivity contribution >= 4 is 23.3 Å². The van der Waals surface area contributed by atoms with Crippen LogP contribution in [0.5, 0.6) is 0 Å². The summed E-state index contributed by atoms with van der Waals surface area (Å²) in [6, 6.07) is 11.1. The highest BCUT2D eigenvalue weighted by atomic mass is 35.5. The molecule has 0 aliphatic heterocycles. The lowest BCUT2D eigenvalue weighted by Crippen LogP contribution is -2.23.